The lowest BCUT2D eigenvalue weighted by Crippen LogP contribution is -2.50. The van der Waals surface area contributed by atoms with Crippen molar-refractivity contribution in [1.29, 1.82) is 0 Å². The van der Waals surface area contributed by atoms with Crippen LogP contribution in [0.3, 0.4) is 0 Å². The molecule has 0 radical (unpaired) electrons. The highest BCUT2D eigenvalue weighted by Gasteiger charge is 2.37. The largest absolute Gasteiger partial charge is 0.350 e. The maximum atomic E-state index is 12.5. The number of amides is 1. The van der Waals surface area contributed by atoms with Crippen molar-refractivity contribution in [2.75, 3.05) is 13.1 Å². The highest BCUT2D eigenvalue weighted by atomic mass is 16.2. The van der Waals surface area contributed by atoms with E-state index in [1.165, 1.54) is 5.56 Å². The first-order chi connectivity index (χ1) is 9.72. The Kier molecular flexibility index (Phi) is 5.12. The number of piperidine rings is 1. The molecule has 1 fully saturated rings. The van der Waals surface area contributed by atoms with Crippen molar-refractivity contribution >= 4 is 5.91 Å². The summed E-state index contributed by atoms with van der Waals surface area (Å²) < 4.78 is 0. The monoisotopic (exact) mass is 275 g/mol. The van der Waals surface area contributed by atoms with E-state index < -0.39 is 0 Å². The molecule has 20 heavy (non-hydrogen) atoms. The van der Waals surface area contributed by atoms with Gasteiger partial charge < -0.3 is 10.6 Å². The van der Waals surface area contributed by atoms with Crippen molar-refractivity contribution in [3.8, 4) is 0 Å². The molecular weight excluding hydrogens is 250 g/mol. The highest BCUT2D eigenvalue weighted by Crippen LogP contribution is 2.30. The lowest BCUT2D eigenvalue weighted by Gasteiger charge is -2.35. The third kappa shape index (κ3) is 3.18. The molecule has 110 valence electrons. The fourth-order valence-electron chi connectivity index (χ4n) is 2.93. The topological polar surface area (TPSA) is 54.0 Å². The number of hydrogen-bond acceptors (Lipinski definition) is 3. The second-order valence-corrected chi connectivity index (χ2v) is 5.56. The molecule has 4 nitrogen and oxygen atoms in total. The Morgan fingerprint density at radius 2 is 2.35 bits per heavy atom. The van der Waals surface area contributed by atoms with Gasteiger partial charge in [-0.3, -0.25) is 9.78 Å². The first-order valence-corrected chi connectivity index (χ1v) is 7.63. The number of aryl methyl sites for hydroxylation is 1. The lowest BCUT2D eigenvalue weighted by molar-refractivity contribution is -0.132. The van der Waals surface area contributed by atoms with Crippen LogP contribution >= 0.6 is 0 Å². The number of carbonyl (C=O) groups is 1. The SMILES string of the molecule is CCc1cccnc1CNC(=O)C1(CC)CCCNC1. The average molecular weight is 275 g/mol. The molecule has 0 saturated carbocycles. The van der Waals surface area contributed by atoms with Crippen molar-refractivity contribution < 1.29 is 4.79 Å². The van der Waals surface area contributed by atoms with Gasteiger partial charge in [-0.2, -0.15) is 0 Å². The van der Waals surface area contributed by atoms with Gasteiger partial charge in [0, 0.05) is 12.7 Å². The first kappa shape index (κ1) is 15.0. The third-order valence-electron chi connectivity index (χ3n) is 4.41. The molecule has 0 bridgehead atoms. The van der Waals surface area contributed by atoms with E-state index in [9.17, 15) is 4.79 Å². The van der Waals surface area contributed by atoms with Crippen molar-refractivity contribution in [2.24, 2.45) is 5.41 Å². The van der Waals surface area contributed by atoms with Crippen LogP contribution in [-0.4, -0.2) is 24.0 Å². The minimum atomic E-state index is -0.237. The molecule has 1 aromatic rings. The Balaban J connectivity index is 2.00. The Bertz CT molecular complexity index is 453. The van der Waals surface area contributed by atoms with Crippen molar-refractivity contribution in [2.45, 2.75) is 46.1 Å². The summed E-state index contributed by atoms with van der Waals surface area (Å²) in [6, 6.07) is 4.02. The van der Waals surface area contributed by atoms with Crippen LogP contribution in [0.5, 0.6) is 0 Å². The molecule has 1 atom stereocenters. The van der Waals surface area contributed by atoms with Gasteiger partial charge in [0.1, 0.15) is 0 Å². The highest BCUT2D eigenvalue weighted by molar-refractivity contribution is 5.83. The Morgan fingerprint density at radius 3 is 3.00 bits per heavy atom. The zero-order valence-corrected chi connectivity index (χ0v) is 12.5. The van der Waals surface area contributed by atoms with Crippen LogP contribution in [0.1, 0.15) is 44.4 Å². The summed E-state index contributed by atoms with van der Waals surface area (Å²) in [7, 11) is 0. The van der Waals surface area contributed by atoms with E-state index in [0.717, 1.165) is 44.5 Å². The number of aromatic nitrogens is 1. The molecule has 2 heterocycles. The van der Waals surface area contributed by atoms with E-state index in [0.29, 0.717) is 6.54 Å². The minimum absolute atomic E-state index is 0.167. The van der Waals surface area contributed by atoms with Crippen LogP contribution in [-0.2, 0) is 17.8 Å². The molecule has 0 spiro atoms. The zero-order chi connectivity index (χ0) is 14.4. The molecule has 2 N–H and O–H groups in total. The quantitative estimate of drug-likeness (QED) is 0.864. The molecule has 0 aromatic carbocycles. The third-order valence-corrected chi connectivity index (χ3v) is 4.41. The average Bonchev–Trinajstić information content (AvgIpc) is 2.53. The van der Waals surface area contributed by atoms with E-state index in [1.54, 1.807) is 6.20 Å². The molecule has 1 aromatic heterocycles. The fourth-order valence-corrected chi connectivity index (χ4v) is 2.93. The van der Waals surface area contributed by atoms with E-state index >= 15 is 0 Å². The van der Waals surface area contributed by atoms with E-state index in [2.05, 4.69) is 35.5 Å². The van der Waals surface area contributed by atoms with Crippen LogP contribution in [0.15, 0.2) is 18.3 Å². The number of nitrogens with zero attached hydrogens (tertiary/aromatic N) is 1. The molecule has 1 unspecified atom stereocenters. The van der Waals surface area contributed by atoms with Gasteiger partial charge in [0.15, 0.2) is 0 Å². The number of hydrogen-bond donors (Lipinski definition) is 2. The number of pyridine rings is 1. The van der Waals surface area contributed by atoms with Crippen LogP contribution in [0.4, 0.5) is 0 Å². The van der Waals surface area contributed by atoms with Gasteiger partial charge in [0.2, 0.25) is 5.91 Å². The summed E-state index contributed by atoms with van der Waals surface area (Å²) in [5, 5.41) is 6.45. The summed E-state index contributed by atoms with van der Waals surface area (Å²) in [6.45, 7) is 6.56. The molecule has 0 aliphatic carbocycles. The van der Waals surface area contributed by atoms with E-state index in [1.807, 2.05) is 6.07 Å². The zero-order valence-electron chi connectivity index (χ0n) is 12.5. The van der Waals surface area contributed by atoms with Gasteiger partial charge in [-0.25, -0.2) is 0 Å². The van der Waals surface area contributed by atoms with Crippen molar-refractivity contribution in [3.05, 3.63) is 29.6 Å². The summed E-state index contributed by atoms with van der Waals surface area (Å²) in [6.07, 6.45) is 5.67. The van der Waals surface area contributed by atoms with Gasteiger partial charge in [0.25, 0.3) is 0 Å². The van der Waals surface area contributed by atoms with Gasteiger partial charge in [-0.1, -0.05) is 19.9 Å². The number of rotatable bonds is 5. The first-order valence-electron chi connectivity index (χ1n) is 7.63. The maximum Gasteiger partial charge on any atom is 0.227 e. The normalized spacial score (nSPS) is 22.5. The predicted molar refractivity (Wildman–Crippen MR) is 80.3 cm³/mol. The van der Waals surface area contributed by atoms with Crippen LogP contribution in [0, 0.1) is 5.41 Å². The van der Waals surface area contributed by atoms with Gasteiger partial charge in [0.05, 0.1) is 17.7 Å². The Labute approximate surface area is 121 Å². The molecule has 1 aliphatic rings. The number of nitrogens with one attached hydrogen (secondary N) is 2. The Hall–Kier alpha value is -1.42. The predicted octanol–water partition coefficient (Wildman–Crippen LogP) is 2.04. The summed E-state index contributed by atoms with van der Waals surface area (Å²) >= 11 is 0. The van der Waals surface area contributed by atoms with Crippen LogP contribution in [0.25, 0.3) is 0 Å². The van der Waals surface area contributed by atoms with E-state index in [4.69, 9.17) is 0 Å². The Morgan fingerprint density at radius 1 is 1.50 bits per heavy atom. The van der Waals surface area contributed by atoms with Crippen molar-refractivity contribution in [1.82, 2.24) is 15.6 Å². The number of carbonyl (C=O) groups excluding carboxylic acids is 1. The molecule has 4 heteroatoms. The second kappa shape index (κ2) is 6.84. The van der Waals surface area contributed by atoms with Gasteiger partial charge in [-0.15, -0.1) is 0 Å². The molecule has 1 amide bonds. The maximum absolute atomic E-state index is 12.5. The smallest absolute Gasteiger partial charge is 0.227 e. The summed E-state index contributed by atoms with van der Waals surface area (Å²) in [5.41, 5.74) is 1.96. The summed E-state index contributed by atoms with van der Waals surface area (Å²) in [4.78, 5) is 16.9. The molecular formula is C16H25N3O. The second-order valence-electron chi connectivity index (χ2n) is 5.56. The lowest BCUT2D eigenvalue weighted by atomic mass is 9.77. The van der Waals surface area contributed by atoms with Crippen LogP contribution in [0.2, 0.25) is 0 Å². The summed E-state index contributed by atoms with van der Waals surface area (Å²) in [5.74, 6) is 0.167. The molecule has 1 saturated heterocycles. The fraction of sp³-hybridized carbons (Fsp3) is 0.625. The standard InChI is InChI=1S/C16H25N3O/c1-3-13-7-5-10-18-14(13)11-19-15(20)16(4-2)8-6-9-17-12-16/h5,7,10,17H,3-4,6,8-9,11-12H2,1-2H3,(H,19,20). The van der Waals surface area contributed by atoms with Crippen LogP contribution < -0.4 is 10.6 Å². The van der Waals surface area contributed by atoms with Gasteiger partial charge >= 0.3 is 0 Å². The molecule has 2 rings (SSSR count). The van der Waals surface area contributed by atoms with E-state index in [-0.39, 0.29) is 11.3 Å². The van der Waals surface area contributed by atoms with Crippen molar-refractivity contribution in [3.63, 3.8) is 0 Å². The minimum Gasteiger partial charge on any atom is -0.350 e. The van der Waals surface area contributed by atoms with Gasteiger partial charge in [-0.05, 0) is 43.9 Å². The molecule has 1 aliphatic heterocycles.